The van der Waals surface area contributed by atoms with Gasteiger partial charge in [-0.3, -0.25) is 0 Å². The van der Waals surface area contributed by atoms with Crippen molar-refractivity contribution >= 4 is 73.7 Å². The molecule has 6 heteroatoms. The van der Waals surface area contributed by atoms with Crippen LogP contribution in [0.4, 0.5) is 0 Å². The summed E-state index contributed by atoms with van der Waals surface area (Å²) in [6, 6.07) is 7.27. The second-order valence-corrected chi connectivity index (χ2v) is 7.10. The predicted molar refractivity (Wildman–Crippen MR) is 81.2 cm³/mol. The zero-order valence-electron chi connectivity index (χ0n) is 8.18. The lowest BCUT2D eigenvalue weighted by atomic mass is 10.1. The molecule has 0 saturated heterocycles. The molecule has 0 aliphatic heterocycles. The maximum atomic E-state index is 6.37. The van der Waals surface area contributed by atoms with Gasteiger partial charge in [-0.25, -0.2) is 0 Å². The van der Waals surface area contributed by atoms with E-state index >= 15 is 0 Å². The van der Waals surface area contributed by atoms with Crippen LogP contribution in [0.5, 0.6) is 0 Å². The molecule has 0 amide bonds. The third-order valence-electron chi connectivity index (χ3n) is 2.15. The first-order valence-corrected chi connectivity index (χ1v) is 7.70. The van der Waals surface area contributed by atoms with E-state index in [1.54, 1.807) is 12.1 Å². The Morgan fingerprint density at radius 3 is 2.29 bits per heavy atom. The number of benzene rings is 1. The van der Waals surface area contributed by atoms with Crippen LogP contribution in [0.25, 0.3) is 0 Å². The van der Waals surface area contributed by atoms with E-state index in [1.807, 2.05) is 12.1 Å². The molecule has 1 heterocycles. The van der Waals surface area contributed by atoms with Crippen LogP contribution in [0.1, 0.15) is 15.8 Å². The summed E-state index contributed by atoms with van der Waals surface area (Å²) in [5.74, 6) is 0. The zero-order chi connectivity index (χ0) is 12.6. The van der Waals surface area contributed by atoms with Gasteiger partial charge in [0.05, 0.1) is 15.4 Å². The molecule has 0 N–H and O–H groups in total. The van der Waals surface area contributed by atoms with Gasteiger partial charge in [0.2, 0.25) is 0 Å². The van der Waals surface area contributed by atoms with Gasteiger partial charge in [-0.05, 0) is 39.7 Å². The molecule has 0 nitrogen and oxygen atoms in total. The van der Waals surface area contributed by atoms with Gasteiger partial charge in [0, 0.05) is 9.35 Å². The first kappa shape index (κ1) is 14.0. The predicted octanol–water partition coefficient (Wildman–Crippen LogP) is 6.80. The van der Waals surface area contributed by atoms with Crippen molar-refractivity contribution in [2.45, 2.75) is 5.38 Å². The van der Waals surface area contributed by atoms with E-state index in [0.29, 0.717) is 14.4 Å². The van der Waals surface area contributed by atoms with Crippen molar-refractivity contribution in [3.8, 4) is 0 Å². The highest BCUT2D eigenvalue weighted by Gasteiger charge is 2.16. The molecule has 90 valence electrons. The molecule has 0 aliphatic rings. The molecule has 0 aliphatic carbocycles. The highest BCUT2D eigenvalue weighted by atomic mass is 79.9. The van der Waals surface area contributed by atoms with E-state index in [1.165, 1.54) is 11.3 Å². The first-order valence-electron chi connectivity index (χ1n) is 4.53. The SMILES string of the molecule is Clc1ccc(C(Cl)c2cc(Br)c(Cl)s2)cc1Cl. The Bertz CT molecular complexity index is 533. The number of thiophene rings is 1. The van der Waals surface area contributed by atoms with Crippen molar-refractivity contribution in [1.29, 1.82) is 0 Å². The van der Waals surface area contributed by atoms with Gasteiger partial charge in [0.15, 0.2) is 0 Å². The average molecular weight is 391 g/mol. The van der Waals surface area contributed by atoms with Crippen molar-refractivity contribution in [2.24, 2.45) is 0 Å². The third-order valence-corrected chi connectivity index (χ3v) is 6.05. The van der Waals surface area contributed by atoms with Crippen LogP contribution in [0.3, 0.4) is 0 Å². The third kappa shape index (κ3) is 3.12. The van der Waals surface area contributed by atoms with E-state index in [0.717, 1.165) is 14.9 Å². The standard InChI is InChI=1S/C11H5BrCl4S/c12-6-4-9(17-11(6)16)10(15)5-1-2-7(13)8(14)3-5/h1-4,10H. The minimum atomic E-state index is -0.279. The molecule has 1 unspecified atom stereocenters. The maximum Gasteiger partial charge on any atom is 0.107 e. The molecular weight excluding hydrogens is 386 g/mol. The van der Waals surface area contributed by atoms with Crippen molar-refractivity contribution in [3.63, 3.8) is 0 Å². The Balaban J connectivity index is 2.36. The molecule has 1 atom stereocenters. The van der Waals surface area contributed by atoms with Crippen molar-refractivity contribution in [3.05, 3.63) is 53.6 Å². The van der Waals surface area contributed by atoms with Crippen LogP contribution >= 0.6 is 73.7 Å². The summed E-state index contributed by atoms with van der Waals surface area (Å²) in [5.41, 5.74) is 0.895. The number of hydrogen-bond acceptors (Lipinski definition) is 1. The van der Waals surface area contributed by atoms with Crippen LogP contribution in [0, 0.1) is 0 Å². The Kier molecular flexibility index (Phi) is 4.67. The molecule has 0 radical (unpaired) electrons. The quantitative estimate of drug-likeness (QED) is 0.494. The van der Waals surface area contributed by atoms with Gasteiger partial charge in [-0.15, -0.1) is 22.9 Å². The lowest BCUT2D eigenvalue weighted by molar-refractivity contribution is 1.18. The second-order valence-electron chi connectivity index (χ2n) is 3.31. The van der Waals surface area contributed by atoms with Gasteiger partial charge in [-0.1, -0.05) is 40.9 Å². The minimum absolute atomic E-state index is 0.279. The van der Waals surface area contributed by atoms with Crippen LogP contribution in [-0.4, -0.2) is 0 Å². The molecule has 0 bridgehead atoms. The molecule has 17 heavy (non-hydrogen) atoms. The number of halogens is 5. The minimum Gasteiger partial charge on any atom is -0.125 e. The first-order chi connectivity index (χ1) is 7.99. The fourth-order valence-electron chi connectivity index (χ4n) is 1.32. The number of rotatable bonds is 2. The number of alkyl halides is 1. The summed E-state index contributed by atoms with van der Waals surface area (Å²) < 4.78 is 1.54. The van der Waals surface area contributed by atoms with E-state index in [-0.39, 0.29) is 5.38 Å². The zero-order valence-corrected chi connectivity index (χ0v) is 13.6. The van der Waals surface area contributed by atoms with E-state index < -0.39 is 0 Å². The molecular formula is C11H5BrCl4S. The van der Waals surface area contributed by atoms with Crippen LogP contribution in [0.15, 0.2) is 28.7 Å². The van der Waals surface area contributed by atoms with Crippen LogP contribution < -0.4 is 0 Å². The summed E-state index contributed by atoms with van der Waals surface area (Å²) in [7, 11) is 0. The smallest absolute Gasteiger partial charge is 0.107 e. The van der Waals surface area contributed by atoms with Crippen LogP contribution in [0.2, 0.25) is 14.4 Å². The fourth-order valence-corrected chi connectivity index (χ4v) is 3.70. The van der Waals surface area contributed by atoms with E-state index in [9.17, 15) is 0 Å². The molecule has 0 fully saturated rings. The Morgan fingerprint density at radius 2 is 1.76 bits per heavy atom. The lowest BCUT2D eigenvalue weighted by Crippen LogP contribution is -1.89. The highest BCUT2D eigenvalue weighted by Crippen LogP contribution is 2.41. The summed E-state index contributed by atoms with van der Waals surface area (Å²) >= 11 is 29.0. The Hall–Kier alpha value is 0.560. The molecule has 1 aromatic heterocycles. The fraction of sp³-hybridized carbons (Fsp3) is 0.0909. The van der Waals surface area contributed by atoms with E-state index in [2.05, 4.69) is 15.9 Å². The second kappa shape index (κ2) is 5.68. The normalized spacial score (nSPS) is 12.8. The van der Waals surface area contributed by atoms with Crippen molar-refractivity contribution < 1.29 is 0 Å². The summed E-state index contributed by atoms with van der Waals surface area (Å²) in [4.78, 5) is 0.960. The van der Waals surface area contributed by atoms with Crippen molar-refractivity contribution in [1.82, 2.24) is 0 Å². The maximum absolute atomic E-state index is 6.37. The average Bonchev–Trinajstić information content (AvgIpc) is 2.62. The summed E-state index contributed by atoms with van der Waals surface area (Å²) in [6.07, 6.45) is 0. The molecule has 1 aromatic carbocycles. The molecule has 0 saturated carbocycles. The van der Waals surface area contributed by atoms with Crippen molar-refractivity contribution in [2.75, 3.05) is 0 Å². The Labute approximate surface area is 132 Å². The largest absolute Gasteiger partial charge is 0.125 e. The summed E-state index contributed by atoms with van der Waals surface area (Å²) in [6.45, 7) is 0. The highest BCUT2D eigenvalue weighted by molar-refractivity contribution is 9.10. The topological polar surface area (TPSA) is 0 Å². The lowest BCUT2D eigenvalue weighted by Gasteiger charge is -2.08. The number of hydrogen-bond donors (Lipinski definition) is 0. The van der Waals surface area contributed by atoms with Gasteiger partial charge >= 0.3 is 0 Å². The summed E-state index contributed by atoms with van der Waals surface area (Å²) in [5, 5.41) is 0.736. The van der Waals surface area contributed by atoms with Crippen LogP contribution in [-0.2, 0) is 0 Å². The molecule has 2 aromatic rings. The monoisotopic (exact) mass is 388 g/mol. The Morgan fingerprint density at radius 1 is 1.06 bits per heavy atom. The van der Waals surface area contributed by atoms with Gasteiger partial charge in [-0.2, -0.15) is 0 Å². The molecule has 0 spiro atoms. The molecule has 2 rings (SSSR count). The van der Waals surface area contributed by atoms with E-state index in [4.69, 9.17) is 46.4 Å². The van der Waals surface area contributed by atoms with Gasteiger partial charge < -0.3 is 0 Å². The van der Waals surface area contributed by atoms with Gasteiger partial charge in [0.25, 0.3) is 0 Å². The van der Waals surface area contributed by atoms with Gasteiger partial charge in [0.1, 0.15) is 4.34 Å².